The lowest BCUT2D eigenvalue weighted by molar-refractivity contribution is -0.129. The number of para-hydroxylation sites is 1. The van der Waals surface area contributed by atoms with Gasteiger partial charge in [0.25, 0.3) is 5.91 Å². The Labute approximate surface area is 177 Å². The van der Waals surface area contributed by atoms with Crippen LogP contribution in [-0.4, -0.2) is 35.5 Å². The molecule has 2 aromatic carbocycles. The zero-order valence-corrected chi connectivity index (χ0v) is 17.8. The molecule has 0 fully saturated rings. The topological polar surface area (TPSA) is 81.7 Å². The molecule has 0 radical (unpaired) electrons. The Morgan fingerprint density at radius 1 is 1.03 bits per heavy atom. The molecule has 30 heavy (non-hydrogen) atoms. The maximum absolute atomic E-state index is 14.6. The van der Waals surface area contributed by atoms with Crippen LogP contribution in [0, 0.1) is 19.7 Å². The van der Waals surface area contributed by atoms with E-state index in [-0.39, 0.29) is 18.2 Å². The summed E-state index contributed by atoms with van der Waals surface area (Å²) in [6.45, 7) is 4.47. The Morgan fingerprint density at radius 2 is 1.70 bits per heavy atom. The first-order valence-corrected chi connectivity index (χ1v) is 10.1. The number of aryl methyl sites for hydroxylation is 2. The smallest absolute Gasteiger partial charge is 0.253 e. The van der Waals surface area contributed by atoms with Crippen LogP contribution in [0.5, 0.6) is 0 Å². The molecule has 0 spiro atoms. The predicted molar refractivity (Wildman–Crippen MR) is 116 cm³/mol. The van der Waals surface area contributed by atoms with Crippen molar-refractivity contribution in [1.29, 1.82) is 0 Å². The van der Waals surface area contributed by atoms with Crippen LogP contribution in [-0.2, 0) is 4.79 Å². The fraction of sp³-hybridized carbons (Fsp3) is 0.391. The minimum atomic E-state index is -0.473. The second-order valence-electron chi connectivity index (χ2n) is 7.51. The molecule has 3 N–H and O–H groups in total. The number of halogens is 1. The standard InChI is InChI=1S/C23H30FN3O3/c1-16-9-8-10-17(2)22(16)25-20-13-12-18(15-19(20)24)23(29)27(3)14-7-5-4-6-11-21(28)26-30/h8-10,12-13,15,25,30H,4-7,11,14H2,1-3H3,(H,26,28). The number of carbonyl (C=O) groups is 2. The number of unbranched alkanes of at least 4 members (excludes halogenated alkanes) is 3. The number of nitrogens with one attached hydrogen (secondary N) is 2. The molecule has 0 unspecified atom stereocenters. The van der Waals surface area contributed by atoms with Crippen molar-refractivity contribution in [2.75, 3.05) is 18.9 Å². The third kappa shape index (κ3) is 6.56. The molecule has 6 nitrogen and oxygen atoms in total. The van der Waals surface area contributed by atoms with Gasteiger partial charge in [0, 0.05) is 31.3 Å². The number of hydrogen-bond acceptors (Lipinski definition) is 4. The van der Waals surface area contributed by atoms with Crippen molar-refractivity contribution in [1.82, 2.24) is 10.4 Å². The molecule has 2 aromatic rings. The van der Waals surface area contributed by atoms with Crippen molar-refractivity contribution >= 4 is 23.2 Å². The van der Waals surface area contributed by atoms with E-state index in [1.54, 1.807) is 29.6 Å². The molecule has 0 heterocycles. The molecular weight excluding hydrogens is 385 g/mol. The quantitative estimate of drug-likeness (QED) is 0.298. The number of hydrogen-bond donors (Lipinski definition) is 3. The summed E-state index contributed by atoms with van der Waals surface area (Å²) in [5, 5.41) is 11.6. The number of rotatable bonds is 10. The summed E-state index contributed by atoms with van der Waals surface area (Å²) >= 11 is 0. The van der Waals surface area contributed by atoms with Gasteiger partial charge in [0.05, 0.1) is 5.69 Å². The lowest BCUT2D eigenvalue weighted by atomic mass is 10.1. The second-order valence-corrected chi connectivity index (χ2v) is 7.51. The summed E-state index contributed by atoms with van der Waals surface area (Å²) in [5.41, 5.74) is 5.15. The molecule has 0 aliphatic heterocycles. The van der Waals surface area contributed by atoms with Crippen LogP contribution in [0.15, 0.2) is 36.4 Å². The molecule has 162 valence electrons. The fourth-order valence-corrected chi connectivity index (χ4v) is 3.26. The van der Waals surface area contributed by atoms with Gasteiger partial charge in [-0.1, -0.05) is 31.0 Å². The maximum Gasteiger partial charge on any atom is 0.253 e. The van der Waals surface area contributed by atoms with Crippen LogP contribution in [0.2, 0.25) is 0 Å². The highest BCUT2D eigenvalue weighted by atomic mass is 19.1. The van der Waals surface area contributed by atoms with Gasteiger partial charge in [-0.3, -0.25) is 14.8 Å². The molecule has 0 bridgehead atoms. The average molecular weight is 416 g/mol. The molecule has 0 aliphatic rings. The molecule has 2 amide bonds. The Balaban J connectivity index is 1.89. The largest absolute Gasteiger partial charge is 0.353 e. The monoisotopic (exact) mass is 415 g/mol. The lowest BCUT2D eigenvalue weighted by Crippen LogP contribution is -2.27. The third-order valence-corrected chi connectivity index (χ3v) is 5.08. The first-order valence-electron chi connectivity index (χ1n) is 10.1. The molecule has 7 heteroatoms. The van der Waals surface area contributed by atoms with E-state index in [1.165, 1.54) is 6.07 Å². The van der Waals surface area contributed by atoms with E-state index in [2.05, 4.69) is 5.32 Å². The molecule has 0 aliphatic carbocycles. The van der Waals surface area contributed by atoms with Crippen LogP contribution < -0.4 is 10.8 Å². The summed E-state index contributed by atoms with van der Waals surface area (Å²) in [5.74, 6) is -1.09. The minimum Gasteiger partial charge on any atom is -0.353 e. The van der Waals surface area contributed by atoms with E-state index in [0.29, 0.717) is 24.2 Å². The summed E-state index contributed by atoms with van der Waals surface area (Å²) in [7, 11) is 1.70. The Kier molecular flexibility index (Phi) is 8.80. The fourth-order valence-electron chi connectivity index (χ4n) is 3.26. The first-order chi connectivity index (χ1) is 14.3. The summed E-state index contributed by atoms with van der Waals surface area (Å²) in [4.78, 5) is 25.1. The minimum absolute atomic E-state index is 0.229. The molecule has 0 atom stereocenters. The van der Waals surface area contributed by atoms with Gasteiger partial charge in [0.15, 0.2) is 0 Å². The Bertz CT molecular complexity index is 866. The van der Waals surface area contributed by atoms with E-state index in [4.69, 9.17) is 5.21 Å². The van der Waals surface area contributed by atoms with Crippen LogP contribution in [0.25, 0.3) is 0 Å². The molecule has 2 rings (SSSR count). The predicted octanol–water partition coefficient (Wildman–Crippen LogP) is 4.71. The highest BCUT2D eigenvalue weighted by Gasteiger charge is 2.15. The number of nitrogens with zero attached hydrogens (tertiary/aromatic N) is 1. The van der Waals surface area contributed by atoms with Crippen LogP contribution in [0.1, 0.15) is 53.6 Å². The summed E-state index contributed by atoms with van der Waals surface area (Å²) < 4.78 is 14.6. The van der Waals surface area contributed by atoms with Crippen molar-refractivity contribution in [3.63, 3.8) is 0 Å². The Hall–Kier alpha value is -2.93. The van der Waals surface area contributed by atoms with E-state index in [1.807, 2.05) is 32.0 Å². The first kappa shape index (κ1) is 23.3. The number of benzene rings is 2. The third-order valence-electron chi connectivity index (χ3n) is 5.08. The van der Waals surface area contributed by atoms with Gasteiger partial charge < -0.3 is 10.2 Å². The van der Waals surface area contributed by atoms with Crippen LogP contribution >= 0.6 is 0 Å². The normalized spacial score (nSPS) is 10.6. The van der Waals surface area contributed by atoms with Gasteiger partial charge in [0.1, 0.15) is 5.82 Å². The van der Waals surface area contributed by atoms with Crippen LogP contribution in [0.3, 0.4) is 0 Å². The maximum atomic E-state index is 14.6. The zero-order valence-electron chi connectivity index (χ0n) is 17.8. The summed E-state index contributed by atoms with van der Waals surface area (Å²) in [6, 6.07) is 10.4. The highest BCUT2D eigenvalue weighted by Crippen LogP contribution is 2.26. The SMILES string of the molecule is Cc1cccc(C)c1Nc1ccc(C(=O)N(C)CCCCCCC(=O)NO)cc1F. The van der Waals surface area contributed by atoms with Crippen molar-refractivity contribution in [3.05, 3.63) is 58.9 Å². The van der Waals surface area contributed by atoms with Crippen molar-refractivity contribution in [2.45, 2.75) is 46.0 Å². The van der Waals surface area contributed by atoms with Gasteiger partial charge in [-0.2, -0.15) is 0 Å². The van der Waals surface area contributed by atoms with Crippen molar-refractivity contribution in [3.8, 4) is 0 Å². The van der Waals surface area contributed by atoms with Gasteiger partial charge in [0.2, 0.25) is 5.91 Å². The number of hydroxylamine groups is 1. The van der Waals surface area contributed by atoms with Crippen molar-refractivity contribution in [2.24, 2.45) is 0 Å². The van der Waals surface area contributed by atoms with Gasteiger partial charge >= 0.3 is 0 Å². The van der Waals surface area contributed by atoms with Gasteiger partial charge in [-0.05, 0) is 56.0 Å². The molecular formula is C23H30FN3O3. The molecule has 0 saturated heterocycles. The van der Waals surface area contributed by atoms with E-state index >= 15 is 0 Å². The van der Waals surface area contributed by atoms with E-state index in [9.17, 15) is 14.0 Å². The number of amides is 2. The summed E-state index contributed by atoms with van der Waals surface area (Å²) in [6.07, 6.45) is 3.46. The molecule has 0 saturated carbocycles. The number of carbonyl (C=O) groups excluding carboxylic acids is 2. The highest BCUT2D eigenvalue weighted by molar-refractivity contribution is 5.94. The lowest BCUT2D eigenvalue weighted by Gasteiger charge is -2.18. The Morgan fingerprint density at radius 3 is 2.33 bits per heavy atom. The number of anilines is 2. The van der Waals surface area contributed by atoms with Gasteiger partial charge in [-0.25, -0.2) is 9.87 Å². The van der Waals surface area contributed by atoms with Gasteiger partial charge in [-0.15, -0.1) is 0 Å². The average Bonchev–Trinajstić information content (AvgIpc) is 2.73. The van der Waals surface area contributed by atoms with E-state index in [0.717, 1.165) is 36.1 Å². The van der Waals surface area contributed by atoms with Crippen LogP contribution in [0.4, 0.5) is 15.8 Å². The zero-order chi connectivity index (χ0) is 22.1. The van der Waals surface area contributed by atoms with Crippen molar-refractivity contribution < 1.29 is 19.2 Å². The van der Waals surface area contributed by atoms with E-state index < -0.39 is 5.82 Å². The second kappa shape index (κ2) is 11.3. The molecule has 0 aromatic heterocycles.